The molecule has 0 bridgehead atoms. The highest BCUT2D eigenvalue weighted by Gasteiger charge is 2.36. The van der Waals surface area contributed by atoms with Crippen molar-refractivity contribution in [1.29, 1.82) is 0 Å². The van der Waals surface area contributed by atoms with Gasteiger partial charge < -0.3 is 19.7 Å². The highest BCUT2D eigenvalue weighted by Crippen LogP contribution is 2.29. The Morgan fingerprint density at radius 2 is 2.13 bits per heavy atom. The van der Waals surface area contributed by atoms with Crippen molar-refractivity contribution in [3.05, 3.63) is 50.7 Å². The van der Waals surface area contributed by atoms with Gasteiger partial charge in [0, 0.05) is 12.6 Å². The second-order valence-electron chi connectivity index (χ2n) is 6.43. The Kier molecular flexibility index (Phi) is 6.62. The molecule has 3 rings (SSSR count). The third-order valence-corrected chi connectivity index (χ3v) is 5.39. The molecule has 1 atom stereocenters. The Bertz CT molecular complexity index is 961. The molecular formula is C19H19N3O7S. The number of nitro benzene ring substituents is 1. The summed E-state index contributed by atoms with van der Waals surface area (Å²) in [7, 11) is 1.31. The van der Waals surface area contributed by atoms with Crippen molar-refractivity contribution < 1.29 is 28.8 Å². The lowest BCUT2D eigenvalue weighted by atomic mass is 10.2. The van der Waals surface area contributed by atoms with Crippen molar-refractivity contribution in [2.75, 3.05) is 25.6 Å². The summed E-state index contributed by atoms with van der Waals surface area (Å²) >= 11 is 1.30. The van der Waals surface area contributed by atoms with Crippen LogP contribution in [-0.4, -0.2) is 53.9 Å². The van der Waals surface area contributed by atoms with Gasteiger partial charge in [0.05, 0.1) is 28.7 Å². The van der Waals surface area contributed by atoms with E-state index in [1.807, 2.05) is 0 Å². The standard InChI is InChI=1S/C19H19N3O7S/c1-28-15-10-12(22(26)27)6-7-13(15)20-17(23)11-29-19(25)14-4-2-8-21(14)18(24)16-5-3-9-30-16/h3,5-7,9-10,14H,2,4,8,11H2,1H3,(H,20,23). The number of hydrogen-bond donors (Lipinski definition) is 1. The van der Waals surface area contributed by atoms with Gasteiger partial charge in [-0.05, 0) is 30.4 Å². The number of nitro groups is 1. The second kappa shape index (κ2) is 9.35. The molecule has 1 unspecified atom stereocenters. The molecule has 2 amide bonds. The van der Waals surface area contributed by atoms with Crippen molar-refractivity contribution >= 4 is 40.5 Å². The summed E-state index contributed by atoms with van der Waals surface area (Å²) in [5, 5.41) is 15.1. The summed E-state index contributed by atoms with van der Waals surface area (Å²) < 4.78 is 10.2. The minimum Gasteiger partial charge on any atom is -0.494 e. The Morgan fingerprint density at radius 1 is 1.33 bits per heavy atom. The average molecular weight is 433 g/mol. The fourth-order valence-corrected chi connectivity index (χ4v) is 3.79. The lowest BCUT2D eigenvalue weighted by Gasteiger charge is -2.22. The average Bonchev–Trinajstić information content (AvgIpc) is 3.43. The van der Waals surface area contributed by atoms with E-state index in [2.05, 4.69) is 5.32 Å². The molecule has 0 aliphatic carbocycles. The van der Waals surface area contributed by atoms with Crippen LogP contribution in [0.1, 0.15) is 22.5 Å². The summed E-state index contributed by atoms with van der Waals surface area (Å²) in [4.78, 5) is 49.4. The van der Waals surface area contributed by atoms with E-state index < -0.39 is 29.4 Å². The van der Waals surface area contributed by atoms with Crippen LogP contribution in [0.3, 0.4) is 0 Å². The number of likely N-dealkylation sites (tertiary alicyclic amines) is 1. The maximum atomic E-state index is 12.5. The number of ether oxygens (including phenoxy) is 2. The minimum atomic E-state index is -0.735. The van der Waals surface area contributed by atoms with E-state index in [1.165, 1.54) is 41.5 Å². The van der Waals surface area contributed by atoms with Gasteiger partial charge in [-0.25, -0.2) is 4.79 Å². The van der Waals surface area contributed by atoms with Crippen LogP contribution in [0.4, 0.5) is 11.4 Å². The topological polar surface area (TPSA) is 128 Å². The predicted octanol–water partition coefficient (Wildman–Crippen LogP) is 2.45. The van der Waals surface area contributed by atoms with Gasteiger partial charge in [-0.15, -0.1) is 11.3 Å². The Morgan fingerprint density at radius 3 is 2.80 bits per heavy atom. The summed E-state index contributed by atoms with van der Waals surface area (Å²) in [6.45, 7) is -0.112. The first-order valence-electron chi connectivity index (χ1n) is 9.04. The number of rotatable bonds is 7. The number of carbonyl (C=O) groups excluding carboxylic acids is 3. The second-order valence-corrected chi connectivity index (χ2v) is 7.38. The molecule has 1 aliphatic heterocycles. The van der Waals surface area contributed by atoms with E-state index >= 15 is 0 Å². The van der Waals surface area contributed by atoms with Crippen LogP contribution >= 0.6 is 11.3 Å². The first-order valence-corrected chi connectivity index (χ1v) is 9.92. The number of nitrogens with zero attached hydrogens (tertiary/aromatic N) is 2. The first kappa shape index (κ1) is 21.2. The quantitative estimate of drug-likeness (QED) is 0.403. The largest absolute Gasteiger partial charge is 0.494 e. The smallest absolute Gasteiger partial charge is 0.329 e. The number of benzene rings is 1. The van der Waals surface area contributed by atoms with Crippen LogP contribution in [0.2, 0.25) is 0 Å². The predicted molar refractivity (Wildman–Crippen MR) is 108 cm³/mol. The van der Waals surface area contributed by atoms with Crippen molar-refractivity contribution in [3.63, 3.8) is 0 Å². The number of anilines is 1. The van der Waals surface area contributed by atoms with Crippen LogP contribution in [0.15, 0.2) is 35.7 Å². The van der Waals surface area contributed by atoms with Crippen LogP contribution in [0.5, 0.6) is 5.75 Å². The highest BCUT2D eigenvalue weighted by atomic mass is 32.1. The number of non-ortho nitro benzene ring substituents is 1. The van der Waals surface area contributed by atoms with Gasteiger partial charge >= 0.3 is 5.97 Å². The van der Waals surface area contributed by atoms with E-state index in [9.17, 15) is 24.5 Å². The van der Waals surface area contributed by atoms with Crippen LogP contribution in [0, 0.1) is 10.1 Å². The molecule has 0 spiro atoms. The van der Waals surface area contributed by atoms with Crippen LogP contribution in [-0.2, 0) is 14.3 Å². The lowest BCUT2D eigenvalue weighted by Crippen LogP contribution is -2.41. The summed E-state index contributed by atoms with van der Waals surface area (Å²) in [6, 6.07) is 6.44. The molecule has 0 radical (unpaired) electrons. The minimum absolute atomic E-state index is 0.104. The van der Waals surface area contributed by atoms with Gasteiger partial charge in [-0.2, -0.15) is 0 Å². The number of carbonyl (C=O) groups is 3. The number of thiophene rings is 1. The molecule has 1 aliphatic rings. The lowest BCUT2D eigenvalue weighted by molar-refractivity contribution is -0.384. The van der Waals surface area contributed by atoms with Gasteiger partial charge in [0.25, 0.3) is 17.5 Å². The van der Waals surface area contributed by atoms with Crippen LogP contribution in [0.25, 0.3) is 0 Å². The molecule has 1 N–H and O–H groups in total. The molecule has 10 nitrogen and oxygen atoms in total. The molecule has 30 heavy (non-hydrogen) atoms. The zero-order chi connectivity index (χ0) is 21.7. The SMILES string of the molecule is COc1cc([N+](=O)[O-])ccc1NC(=O)COC(=O)C1CCCN1C(=O)c1cccs1. The molecule has 1 aromatic carbocycles. The van der Waals surface area contributed by atoms with E-state index in [-0.39, 0.29) is 23.0 Å². The monoisotopic (exact) mass is 433 g/mol. The summed E-state index contributed by atoms with van der Waals surface area (Å²) in [5.41, 5.74) is 0.0209. The molecule has 1 saturated heterocycles. The normalized spacial score (nSPS) is 15.5. The summed E-state index contributed by atoms with van der Waals surface area (Å²) in [5.74, 6) is -1.41. The van der Waals surface area contributed by atoms with Crippen molar-refractivity contribution in [3.8, 4) is 5.75 Å². The molecule has 2 heterocycles. The van der Waals surface area contributed by atoms with E-state index in [4.69, 9.17) is 9.47 Å². The zero-order valence-electron chi connectivity index (χ0n) is 16.0. The van der Waals surface area contributed by atoms with Gasteiger partial charge in [0.15, 0.2) is 6.61 Å². The van der Waals surface area contributed by atoms with Crippen molar-refractivity contribution in [2.24, 2.45) is 0 Å². The van der Waals surface area contributed by atoms with Crippen molar-refractivity contribution in [2.45, 2.75) is 18.9 Å². The maximum Gasteiger partial charge on any atom is 0.329 e. The van der Waals surface area contributed by atoms with Gasteiger partial charge in [0.2, 0.25) is 0 Å². The third-order valence-electron chi connectivity index (χ3n) is 4.53. The van der Waals surface area contributed by atoms with E-state index in [1.54, 1.807) is 17.5 Å². The maximum absolute atomic E-state index is 12.5. The van der Waals surface area contributed by atoms with Gasteiger partial charge in [-0.3, -0.25) is 19.7 Å². The molecule has 2 aromatic rings. The number of amides is 2. The molecule has 0 saturated carbocycles. The number of esters is 1. The number of nitrogens with one attached hydrogen (secondary N) is 1. The Labute approximate surface area is 175 Å². The Hall–Kier alpha value is -3.47. The number of hydrogen-bond acceptors (Lipinski definition) is 8. The van der Waals surface area contributed by atoms with Gasteiger partial charge in [0.1, 0.15) is 11.8 Å². The fourth-order valence-electron chi connectivity index (χ4n) is 3.11. The van der Waals surface area contributed by atoms with Gasteiger partial charge in [-0.1, -0.05) is 6.07 Å². The van der Waals surface area contributed by atoms with E-state index in [0.29, 0.717) is 24.3 Å². The zero-order valence-corrected chi connectivity index (χ0v) is 16.8. The third kappa shape index (κ3) is 4.74. The fraction of sp³-hybridized carbons (Fsp3) is 0.316. The van der Waals surface area contributed by atoms with Crippen molar-refractivity contribution in [1.82, 2.24) is 4.90 Å². The molecule has 158 valence electrons. The molecular weight excluding hydrogens is 414 g/mol. The number of methoxy groups -OCH3 is 1. The molecule has 1 fully saturated rings. The highest BCUT2D eigenvalue weighted by molar-refractivity contribution is 7.12. The van der Waals surface area contributed by atoms with Crippen LogP contribution < -0.4 is 10.1 Å². The Balaban J connectivity index is 1.57. The first-order chi connectivity index (χ1) is 14.4. The van der Waals surface area contributed by atoms with E-state index in [0.717, 1.165) is 0 Å². The summed E-state index contributed by atoms with van der Waals surface area (Å²) in [6.07, 6.45) is 1.14. The molecule has 11 heteroatoms. The molecule has 1 aromatic heterocycles.